The fourth-order valence-corrected chi connectivity index (χ4v) is 10.2. The maximum atomic E-state index is 8.11. The monoisotopic (exact) mass is 949 g/mol. The van der Waals surface area contributed by atoms with Crippen molar-refractivity contribution in [3.8, 4) is 23.0 Å². The molecule has 13 rings (SSSR count). The Morgan fingerprint density at radius 1 is 0.361 bits per heavy atom. The second-order valence-electron chi connectivity index (χ2n) is 18.4. The number of fused-ring (bicyclic) bond motifs is 4. The molecular formula is C58H50N12O2. The zero-order valence-corrected chi connectivity index (χ0v) is 39.8. The molecule has 0 spiro atoms. The third-order valence-electron chi connectivity index (χ3n) is 13.9. The minimum Gasteiger partial charge on any atom is -0.456 e. The van der Waals surface area contributed by atoms with E-state index in [1.54, 1.807) is 31.0 Å². The van der Waals surface area contributed by atoms with Crippen molar-refractivity contribution in [2.45, 2.75) is 13.8 Å². The predicted octanol–water partition coefficient (Wildman–Crippen LogP) is 13.1. The summed E-state index contributed by atoms with van der Waals surface area (Å²) >= 11 is 0. The molecule has 72 heavy (non-hydrogen) atoms. The van der Waals surface area contributed by atoms with Gasteiger partial charge in [0.15, 0.2) is 0 Å². The number of rotatable bonds is 10. The molecule has 354 valence electrons. The number of para-hydroxylation sites is 2. The number of aryl methyl sites for hydroxylation is 2. The topological polar surface area (TPSA) is 95.9 Å². The van der Waals surface area contributed by atoms with Gasteiger partial charge >= 0.3 is 0 Å². The summed E-state index contributed by atoms with van der Waals surface area (Å²) in [6.07, 6.45) is 13.9. The molecule has 8 heterocycles. The molecule has 0 radical (unpaired) electrons. The van der Waals surface area contributed by atoms with Crippen LogP contribution in [0.1, 0.15) is 15.2 Å². The summed E-state index contributed by atoms with van der Waals surface area (Å²) in [5, 5.41) is 0. The highest BCUT2D eigenvalue weighted by Gasteiger charge is 2.32. The summed E-state index contributed by atoms with van der Waals surface area (Å²) in [6.45, 7) is 4.03. The molecule has 4 aliphatic heterocycles. The molecule has 9 aromatic rings. The van der Waals surface area contributed by atoms with Crippen molar-refractivity contribution in [1.82, 2.24) is 19.9 Å². The fourth-order valence-electron chi connectivity index (χ4n) is 10.2. The number of nitrogens with zero attached hydrogens (tertiary/aromatic N) is 12. The molecule has 5 aromatic carbocycles. The Hall–Kier alpha value is -9.30. The third-order valence-corrected chi connectivity index (χ3v) is 13.9. The van der Waals surface area contributed by atoms with E-state index in [1.807, 2.05) is 78.1 Å². The highest BCUT2D eigenvalue weighted by molar-refractivity contribution is 5.91. The van der Waals surface area contributed by atoms with Crippen molar-refractivity contribution in [1.29, 1.82) is 0 Å². The first-order chi connectivity index (χ1) is 36.5. The summed E-state index contributed by atoms with van der Waals surface area (Å²) in [7, 11) is 2.06. The van der Waals surface area contributed by atoms with Gasteiger partial charge in [-0.2, -0.15) is 0 Å². The smallest absolute Gasteiger partial charge is 0.147 e. The molecule has 0 aliphatic carbocycles. The van der Waals surface area contributed by atoms with E-state index in [0.717, 1.165) is 74.0 Å². The molecule has 14 nitrogen and oxygen atoms in total. The van der Waals surface area contributed by atoms with Crippen LogP contribution in [0.3, 0.4) is 0 Å². The van der Waals surface area contributed by atoms with Crippen molar-refractivity contribution < 1.29 is 13.6 Å². The average molecular weight is 950 g/mol. The Morgan fingerprint density at radius 3 is 1.32 bits per heavy atom. The van der Waals surface area contributed by atoms with Gasteiger partial charge in [0, 0.05) is 77.5 Å². The van der Waals surface area contributed by atoms with E-state index in [-0.39, 0.29) is 6.67 Å². The van der Waals surface area contributed by atoms with Gasteiger partial charge in [-0.25, -0.2) is 0 Å². The van der Waals surface area contributed by atoms with Crippen molar-refractivity contribution in [3.05, 3.63) is 194 Å². The maximum Gasteiger partial charge on any atom is 0.147 e. The standard InChI is InChI=1S/C58H50N12O2/c1-39-23-55-56(24-40(39)2)70(44-10-8-12-48(26-44)72-50-28-46(30-62-32-50)66-36-64(4)58-34-60-22-20-54(58)66)38-68(55)42-17-15-41(16-18-42)67-37-69(52-14-6-5-13-51(52)67)43-9-7-11-47(25-43)71-49-27-45(29-61-31-49)65-35-63(3)57-33-59-21-19-53(57)65/h5-34H,35-38H2,1-4H3/i3D3. The lowest BCUT2D eigenvalue weighted by atomic mass is 10.1. The van der Waals surface area contributed by atoms with Gasteiger partial charge in [-0.1, -0.05) is 24.3 Å². The summed E-state index contributed by atoms with van der Waals surface area (Å²) in [6, 6.07) is 45.9. The third kappa shape index (κ3) is 7.51. The second-order valence-corrected chi connectivity index (χ2v) is 18.4. The molecule has 4 aromatic heterocycles. The summed E-state index contributed by atoms with van der Waals surface area (Å²) in [4.78, 5) is 34.6. The lowest BCUT2D eigenvalue weighted by Crippen LogP contribution is -2.25. The van der Waals surface area contributed by atoms with Crippen LogP contribution in [0, 0.1) is 13.8 Å². The van der Waals surface area contributed by atoms with Crippen molar-refractivity contribution >= 4 is 79.6 Å². The zero-order valence-electron chi connectivity index (χ0n) is 42.8. The molecule has 14 heteroatoms. The van der Waals surface area contributed by atoms with Gasteiger partial charge in [0.2, 0.25) is 0 Å². The van der Waals surface area contributed by atoms with Crippen LogP contribution in [0.5, 0.6) is 23.0 Å². The first-order valence-corrected chi connectivity index (χ1v) is 23.8. The van der Waals surface area contributed by atoms with Gasteiger partial charge in [0.1, 0.15) is 36.3 Å². The van der Waals surface area contributed by atoms with Crippen LogP contribution >= 0.6 is 0 Å². The molecule has 0 bridgehead atoms. The molecule has 0 amide bonds. The van der Waals surface area contributed by atoms with Crippen LogP contribution in [0.2, 0.25) is 0 Å². The maximum absolute atomic E-state index is 8.11. The second kappa shape index (κ2) is 17.3. The van der Waals surface area contributed by atoms with E-state index in [9.17, 15) is 0 Å². The quantitative estimate of drug-likeness (QED) is 0.130. The Kier molecular flexibility index (Phi) is 9.49. The van der Waals surface area contributed by atoms with Crippen LogP contribution < -0.4 is 48.7 Å². The van der Waals surface area contributed by atoms with Crippen LogP contribution in [0.25, 0.3) is 0 Å². The average Bonchev–Trinajstić information content (AvgIpc) is 4.22. The van der Waals surface area contributed by atoms with Gasteiger partial charge in [-0.05, 0) is 110 Å². The number of hydrogen-bond acceptors (Lipinski definition) is 14. The van der Waals surface area contributed by atoms with E-state index in [1.165, 1.54) is 16.0 Å². The molecule has 0 unspecified atom stereocenters. The van der Waals surface area contributed by atoms with Crippen molar-refractivity contribution in [3.63, 3.8) is 0 Å². The normalized spacial score (nSPS) is 15.3. The first-order valence-electron chi connectivity index (χ1n) is 25.3. The fraction of sp³-hybridized carbons (Fsp3) is 0.138. The van der Waals surface area contributed by atoms with E-state index in [2.05, 4.69) is 149 Å². The van der Waals surface area contributed by atoms with E-state index < -0.39 is 6.98 Å². The number of pyridine rings is 4. The van der Waals surface area contributed by atoms with Crippen LogP contribution in [-0.2, 0) is 0 Å². The Balaban J connectivity index is 0.727. The van der Waals surface area contributed by atoms with Gasteiger partial charge in [-0.3, -0.25) is 19.9 Å². The van der Waals surface area contributed by atoms with Gasteiger partial charge < -0.3 is 48.7 Å². The lowest BCUT2D eigenvalue weighted by Gasteiger charge is -2.25. The van der Waals surface area contributed by atoms with Crippen LogP contribution in [0.4, 0.5) is 79.6 Å². The summed E-state index contributed by atoms with van der Waals surface area (Å²) in [5.41, 5.74) is 16.1. The van der Waals surface area contributed by atoms with E-state index in [4.69, 9.17) is 13.6 Å². The number of aromatic nitrogens is 4. The summed E-state index contributed by atoms with van der Waals surface area (Å²) in [5.74, 6) is 2.55. The Labute approximate surface area is 422 Å². The van der Waals surface area contributed by atoms with E-state index >= 15 is 0 Å². The summed E-state index contributed by atoms with van der Waals surface area (Å²) < 4.78 is 37.4. The van der Waals surface area contributed by atoms with Gasteiger partial charge in [-0.15, -0.1) is 0 Å². The minimum absolute atomic E-state index is 0.129. The molecule has 0 N–H and O–H groups in total. The molecule has 0 fully saturated rings. The lowest BCUT2D eigenvalue weighted by molar-refractivity contribution is 0.480. The number of benzene rings is 5. The molecule has 0 saturated carbocycles. The number of anilines is 14. The van der Waals surface area contributed by atoms with Crippen LogP contribution in [-0.4, -0.2) is 60.6 Å². The molecular weight excluding hydrogens is 897 g/mol. The zero-order chi connectivity index (χ0) is 51.0. The Bertz CT molecular complexity index is 3660. The molecule has 4 aliphatic rings. The van der Waals surface area contributed by atoms with Gasteiger partial charge in [0.05, 0.1) is 107 Å². The number of ether oxygens (including phenoxy) is 2. The Morgan fingerprint density at radius 2 is 0.792 bits per heavy atom. The minimum atomic E-state index is -2.33. The van der Waals surface area contributed by atoms with Gasteiger partial charge in [0.25, 0.3) is 0 Å². The van der Waals surface area contributed by atoms with E-state index in [0.29, 0.717) is 48.6 Å². The highest BCUT2D eigenvalue weighted by Crippen LogP contribution is 2.49. The predicted molar refractivity (Wildman–Crippen MR) is 288 cm³/mol. The molecule has 0 saturated heterocycles. The number of hydrogen-bond donors (Lipinski definition) is 0. The largest absolute Gasteiger partial charge is 0.456 e. The first kappa shape index (κ1) is 39.5. The SMILES string of the molecule is [2H]C([2H])([2H])N1CN(c2cncc(Oc3cccc(N4CN(c5ccc(N6CN(c7cccc(Oc8cncc(N9CN(C)c%10cnccc%109)c8)c7)c7cc(C)c(C)cc76)cc5)c5ccccc54)c3)c2)c2ccncc21. The van der Waals surface area contributed by atoms with Crippen molar-refractivity contribution in [2.75, 3.05) is 79.9 Å². The van der Waals surface area contributed by atoms with Crippen molar-refractivity contribution in [2.24, 2.45) is 0 Å². The van der Waals surface area contributed by atoms with Crippen LogP contribution in [0.15, 0.2) is 183 Å². The highest BCUT2D eigenvalue weighted by atomic mass is 16.5. The molecule has 0 atom stereocenters.